The Hall–Kier alpha value is 1.38. The molecule has 0 atom stereocenters. The van der Waals surface area contributed by atoms with E-state index in [1.54, 1.807) is 0 Å². The summed E-state index contributed by atoms with van der Waals surface area (Å²) in [6.45, 7) is 0. The van der Waals surface area contributed by atoms with E-state index >= 15 is 0 Å². The second-order valence-corrected chi connectivity index (χ2v) is 1.39. The van der Waals surface area contributed by atoms with Crippen LogP contribution in [0.5, 0.6) is 0 Å². The zero-order valence-corrected chi connectivity index (χ0v) is 7.68. The van der Waals surface area contributed by atoms with Gasteiger partial charge in [-0.15, -0.1) is 0 Å². The number of hydrogen-bond acceptors (Lipinski definition) is 12. The fourth-order valence-electron chi connectivity index (χ4n) is 0. The van der Waals surface area contributed by atoms with Gasteiger partial charge in [0.05, 0.1) is 0 Å². The first-order valence-corrected chi connectivity index (χ1v) is 3.10. The van der Waals surface area contributed by atoms with E-state index in [4.69, 9.17) is 60.3 Å². The molecule has 18 heteroatoms. The van der Waals surface area contributed by atoms with Gasteiger partial charge in [0.15, 0.2) is 0 Å². The molecule has 0 radical (unpaired) electrons. The van der Waals surface area contributed by atoms with Gasteiger partial charge < -0.3 is 60.3 Å². The van der Waals surface area contributed by atoms with Crippen molar-refractivity contribution in [3.8, 4) is 0 Å². The first-order valence-electron chi connectivity index (χ1n) is 3.10. The molecule has 0 saturated heterocycles. The van der Waals surface area contributed by atoms with E-state index in [0.29, 0.717) is 0 Å². The van der Waals surface area contributed by atoms with E-state index < -0.39 is 29.3 Å². The van der Waals surface area contributed by atoms with Gasteiger partial charge >= 0.3 is 77.7 Å². The molecule has 0 amide bonds. The van der Waals surface area contributed by atoms with Gasteiger partial charge in [0.1, 0.15) is 0 Å². The Labute approximate surface area is 137 Å². The Balaban J connectivity index is -0.0000000257. The molecule has 0 spiro atoms. The minimum atomic E-state index is -2.17. The molecule has 0 aromatic rings. The van der Waals surface area contributed by atoms with Crippen LogP contribution in [0.15, 0.2) is 0 Å². The molecular weight excluding hydrogens is 265 g/mol. The Morgan fingerprint density at radius 1 is 0.333 bits per heavy atom. The zero-order valence-electron chi connectivity index (χ0n) is 7.68. The second-order valence-electron chi connectivity index (χ2n) is 1.39. The molecule has 0 unspecified atom stereocenters. The molecular formula is H14B4LiNaO12. The maximum atomic E-state index is 7.17. The molecule has 100 valence electrons. The molecule has 0 rings (SSSR count). The Morgan fingerprint density at radius 3 is 0.333 bits per heavy atom. The summed E-state index contributed by atoms with van der Waals surface area (Å²) in [7, 11) is -8.67. The monoisotopic (exact) mass is 280 g/mol. The van der Waals surface area contributed by atoms with E-state index in [1.165, 1.54) is 0 Å². The molecule has 12 N–H and O–H groups in total. The van der Waals surface area contributed by atoms with Crippen molar-refractivity contribution in [2.45, 2.75) is 0 Å². The van der Waals surface area contributed by atoms with Crippen LogP contribution in [-0.4, -0.2) is 138 Å². The van der Waals surface area contributed by atoms with Crippen LogP contribution < -0.4 is 0 Å². The van der Waals surface area contributed by atoms with Gasteiger partial charge in [0.2, 0.25) is 0 Å². The summed E-state index contributed by atoms with van der Waals surface area (Å²) in [4.78, 5) is 0. The number of hydrogen-bond donors (Lipinski definition) is 12. The average molecular weight is 279 g/mol. The summed E-state index contributed by atoms with van der Waals surface area (Å²) >= 11 is 0. The summed E-state index contributed by atoms with van der Waals surface area (Å²) in [5.41, 5.74) is 0. The van der Waals surface area contributed by atoms with Crippen molar-refractivity contribution in [1.82, 2.24) is 0 Å². The third-order valence-electron chi connectivity index (χ3n) is 0. The average Bonchev–Trinajstić information content (AvgIpc) is 1.76. The summed E-state index contributed by atoms with van der Waals surface area (Å²) in [6.07, 6.45) is 0. The molecule has 12 nitrogen and oxygen atoms in total. The molecule has 0 aliphatic carbocycles. The van der Waals surface area contributed by atoms with E-state index in [1.807, 2.05) is 0 Å². The van der Waals surface area contributed by atoms with Gasteiger partial charge in [0, 0.05) is 0 Å². The summed E-state index contributed by atoms with van der Waals surface area (Å²) < 4.78 is 0. The van der Waals surface area contributed by atoms with Gasteiger partial charge in [-0.05, 0) is 0 Å². The normalized spacial score (nSPS) is 6.00. The Kier molecular flexibility index (Phi) is 63.0. The SMILES string of the molecule is OB(O)O.OB(O)O.OB(O)O.OB(O)O.[LiH].[NaH]. The zero-order chi connectivity index (χ0) is 14.3. The minimum absolute atomic E-state index is 0. The van der Waals surface area contributed by atoms with Crippen LogP contribution in [0.3, 0.4) is 0 Å². The molecule has 0 saturated carbocycles. The van der Waals surface area contributed by atoms with Gasteiger partial charge in [-0.3, -0.25) is 0 Å². The van der Waals surface area contributed by atoms with Crippen LogP contribution in [0.25, 0.3) is 0 Å². The van der Waals surface area contributed by atoms with Crippen LogP contribution in [0.4, 0.5) is 0 Å². The van der Waals surface area contributed by atoms with Crippen LogP contribution in [0, 0.1) is 0 Å². The fourth-order valence-corrected chi connectivity index (χ4v) is 0. The van der Waals surface area contributed by atoms with E-state index in [9.17, 15) is 0 Å². The predicted molar refractivity (Wildman–Crippen MR) is 63.9 cm³/mol. The fraction of sp³-hybridized carbons (Fsp3) is 0. The van der Waals surface area contributed by atoms with Crippen LogP contribution >= 0.6 is 0 Å². The van der Waals surface area contributed by atoms with Crippen LogP contribution in [0.1, 0.15) is 0 Å². The van der Waals surface area contributed by atoms with Gasteiger partial charge in [-0.25, -0.2) is 0 Å². The Morgan fingerprint density at radius 2 is 0.333 bits per heavy atom. The molecule has 0 aliphatic rings. The summed E-state index contributed by atoms with van der Waals surface area (Å²) in [5, 5.41) is 86.0. The molecule has 18 heavy (non-hydrogen) atoms. The molecule has 0 fully saturated rings. The topological polar surface area (TPSA) is 243 Å². The summed E-state index contributed by atoms with van der Waals surface area (Å²) in [5.74, 6) is 0. The van der Waals surface area contributed by atoms with Gasteiger partial charge in [-0.1, -0.05) is 0 Å². The quantitative estimate of drug-likeness (QED) is 0.185. The molecule has 0 aromatic carbocycles. The van der Waals surface area contributed by atoms with Crippen molar-refractivity contribution in [2.75, 3.05) is 0 Å². The van der Waals surface area contributed by atoms with E-state index in [0.717, 1.165) is 0 Å². The molecule has 0 aromatic heterocycles. The van der Waals surface area contributed by atoms with Crippen molar-refractivity contribution >= 4 is 77.7 Å². The van der Waals surface area contributed by atoms with Crippen molar-refractivity contribution in [1.29, 1.82) is 0 Å². The van der Waals surface area contributed by atoms with E-state index in [-0.39, 0.29) is 48.4 Å². The van der Waals surface area contributed by atoms with Crippen LogP contribution in [-0.2, 0) is 0 Å². The van der Waals surface area contributed by atoms with E-state index in [2.05, 4.69) is 0 Å². The predicted octanol–water partition coefficient (Wildman–Crippen LogP) is -9.50. The first kappa shape index (κ1) is 36.6. The van der Waals surface area contributed by atoms with Crippen LogP contribution in [0.2, 0.25) is 0 Å². The first-order chi connectivity index (χ1) is 6.93. The maximum absolute atomic E-state index is 7.17. The van der Waals surface area contributed by atoms with Gasteiger partial charge in [0.25, 0.3) is 0 Å². The molecule has 0 aliphatic heterocycles. The van der Waals surface area contributed by atoms with Gasteiger partial charge in [-0.2, -0.15) is 0 Å². The third kappa shape index (κ3) is 2460. The van der Waals surface area contributed by atoms with Crippen molar-refractivity contribution < 1.29 is 60.3 Å². The van der Waals surface area contributed by atoms with Crippen molar-refractivity contribution in [3.63, 3.8) is 0 Å². The number of rotatable bonds is 0. The Bertz CT molecular complexity index is 67.1. The molecule has 0 bridgehead atoms. The standard InChI is InChI=1S/4BH3O3.Li.Na.2H/c4*2-1(3)4;;;;/h4*2-4H;;;;. The third-order valence-corrected chi connectivity index (χ3v) is 0. The van der Waals surface area contributed by atoms with Crippen molar-refractivity contribution in [3.05, 3.63) is 0 Å². The summed E-state index contributed by atoms with van der Waals surface area (Å²) in [6, 6.07) is 0. The van der Waals surface area contributed by atoms with Crippen molar-refractivity contribution in [2.24, 2.45) is 0 Å². The molecule has 0 heterocycles. The second kappa shape index (κ2) is 31.0.